The van der Waals surface area contributed by atoms with Gasteiger partial charge >= 0.3 is 12.7 Å². The summed E-state index contributed by atoms with van der Waals surface area (Å²) in [5.41, 5.74) is -1.24. The summed E-state index contributed by atoms with van der Waals surface area (Å²) in [6.45, 7) is -0.0368. The first-order valence-electron chi connectivity index (χ1n) is 16.6. The van der Waals surface area contributed by atoms with Crippen LogP contribution in [0.15, 0.2) is 108 Å². The Balaban J connectivity index is 1.06. The van der Waals surface area contributed by atoms with Gasteiger partial charge in [0.25, 0.3) is 0 Å². The number of hydrogen-bond donors (Lipinski definition) is 0. The fourth-order valence-corrected chi connectivity index (χ4v) is 9.31. The highest BCUT2D eigenvalue weighted by molar-refractivity contribution is 8.76. The number of hydrogen-bond acceptors (Lipinski definition) is 10. The van der Waals surface area contributed by atoms with E-state index in [9.17, 15) is 26.3 Å². The van der Waals surface area contributed by atoms with Crippen LogP contribution >= 0.6 is 68.0 Å². The summed E-state index contributed by atoms with van der Waals surface area (Å²) >= 11 is 24.9. The minimum Gasteiger partial charge on any atom is -0.404 e. The Labute approximate surface area is 352 Å². The van der Waals surface area contributed by atoms with E-state index in [2.05, 4.69) is 29.6 Å². The van der Waals surface area contributed by atoms with Crippen LogP contribution in [0, 0.1) is 0 Å². The van der Waals surface area contributed by atoms with Gasteiger partial charge in [0.1, 0.15) is 36.1 Å². The first-order chi connectivity index (χ1) is 27.6. The summed E-state index contributed by atoms with van der Waals surface area (Å²) < 4.78 is 105. The highest BCUT2D eigenvalue weighted by atomic mass is 35.5. The lowest BCUT2D eigenvalue weighted by Crippen LogP contribution is -2.22. The third kappa shape index (κ3) is 8.43. The molecular weight excluding hydrogens is 900 g/mol. The van der Waals surface area contributed by atoms with Crippen LogP contribution in [0.25, 0.3) is 0 Å². The second-order valence-electron chi connectivity index (χ2n) is 12.8. The van der Waals surface area contributed by atoms with E-state index in [1.54, 1.807) is 48.5 Å². The van der Waals surface area contributed by atoms with E-state index in [1.165, 1.54) is 58.4 Å². The molecule has 4 atom stereocenters. The standard InChI is InChI=1S/C36H22Cl4F6N6O4S2/c37-21-12-10-19(11-13-21)33(29(55-33)23-6-2-8-25(39)27(23)53-35(41,42)43)15-51-31(47-17-49-51)57-58-32-48-18-50-52(32)16-34(20-4-1-5-22(38)14-20)30(56-34)24-7-3-9-26(40)28(24)54-36(44,45)46/h1-14,17-18,29-30H,15-16H2. The molecule has 2 aliphatic rings. The molecule has 58 heavy (non-hydrogen) atoms. The Morgan fingerprint density at radius 1 is 0.603 bits per heavy atom. The van der Waals surface area contributed by atoms with Crippen molar-refractivity contribution < 1.29 is 45.3 Å². The van der Waals surface area contributed by atoms with Gasteiger partial charge in [-0.1, -0.05) is 94.9 Å². The predicted molar refractivity (Wildman–Crippen MR) is 202 cm³/mol. The highest BCUT2D eigenvalue weighted by Crippen LogP contribution is 2.62. The molecule has 2 saturated heterocycles. The number of halogens is 10. The lowest BCUT2D eigenvalue weighted by Gasteiger charge is -2.18. The molecule has 0 aliphatic carbocycles. The summed E-state index contributed by atoms with van der Waals surface area (Å²) in [6, 6.07) is 21.8. The molecule has 2 aliphatic heterocycles. The normalized spacial score (nSPS) is 21.6. The Morgan fingerprint density at radius 3 is 1.53 bits per heavy atom. The zero-order chi connectivity index (χ0) is 41.0. The molecule has 8 rings (SSSR count). The number of epoxide rings is 2. The first kappa shape index (κ1) is 40.9. The molecule has 0 bridgehead atoms. The van der Waals surface area contributed by atoms with Crippen LogP contribution in [0.2, 0.25) is 20.1 Å². The van der Waals surface area contributed by atoms with Gasteiger partial charge < -0.3 is 18.9 Å². The van der Waals surface area contributed by atoms with Gasteiger partial charge in [0.2, 0.25) is 0 Å². The molecular formula is C36H22Cl4F6N6O4S2. The van der Waals surface area contributed by atoms with Crippen LogP contribution in [-0.4, -0.2) is 42.3 Å². The van der Waals surface area contributed by atoms with Crippen molar-refractivity contribution in [2.45, 2.75) is 59.5 Å². The number of aromatic nitrogens is 6. The second-order valence-corrected chi connectivity index (χ2v) is 16.5. The molecule has 4 aromatic carbocycles. The summed E-state index contributed by atoms with van der Waals surface area (Å²) in [5, 5.41) is 9.77. The molecule has 0 spiro atoms. The highest BCUT2D eigenvalue weighted by Gasteiger charge is 2.62. The number of para-hydroxylation sites is 2. The van der Waals surface area contributed by atoms with Gasteiger partial charge in [-0.05, 0) is 69.1 Å². The van der Waals surface area contributed by atoms with Crippen LogP contribution in [-0.2, 0) is 33.8 Å². The van der Waals surface area contributed by atoms with E-state index in [-0.39, 0.29) is 34.3 Å². The van der Waals surface area contributed by atoms with Crippen molar-refractivity contribution >= 4 is 68.0 Å². The monoisotopic (exact) mass is 920 g/mol. The molecule has 6 aromatic rings. The van der Waals surface area contributed by atoms with Crippen molar-refractivity contribution in [1.29, 1.82) is 0 Å². The minimum absolute atomic E-state index is 0.0117. The quantitative estimate of drug-likeness (QED) is 0.0632. The predicted octanol–water partition coefficient (Wildman–Crippen LogP) is 11.4. The summed E-state index contributed by atoms with van der Waals surface area (Å²) in [5.74, 6) is -1.18. The first-order valence-corrected chi connectivity index (χ1v) is 20.3. The number of ether oxygens (including phenoxy) is 4. The maximum absolute atomic E-state index is 13.5. The molecule has 0 N–H and O–H groups in total. The zero-order valence-corrected chi connectivity index (χ0v) is 33.4. The average molecular weight is 923 g/mol. The summed E-state index contributed by atoms with van der Waals surface area (Å²) in [4.78, 5) is 8.79. The maximum atomic E-state index is 13.5. The van der Waals surface area contributed by atoms with Gasteiger partial charge in [-0.3, -0.25) is 0 Å². The largest absolute Gasteiger partial charge is 0.573 e. The van der Waals surface area contributed by atoms with E-state index < -0.39 is 47.6 Å². The average Bonchev–Trinajstić information content (AvgIpc) is 3.93. The Hall–Kier alpha value is -3.88. The topological polar surface area (TPSA) is 105 Å². The van der Waals surface area contributed by atoms with Crippen molar-refractivity contribution in [2.24, 2.45) is 0 Å². The van der Waals surface area contributed by atoms with Crippen LogP contribution in [0.5, 0.6) is 11.5 Å². The van der Waals surface area contributed by atoms with E-state index in [4.69, 9.17) is 55.9 Å². The van der Waals surface area contributed by atoms with Crippen molar-refractivity contribution in [3.05, 3.63) is 140 Å². The van der Waals surface area contributed by atoms with E-state index >= 15 is 0 Å². The van der Waals surface area contributed by atoms with Gasteiger partial charge in [0, 0.05) is 21.2 Å². The minimum atomic E-state index is -5.03. The summed E-state index contributed by atoms with van der Waals surface area (Å²) in [6.07, 6.45) is -9.35. The molecule has 302 valence electrons. The summed E-state index contributed by atoms with van der Waals surface area (Å²) in [7, 11) is 2.28. The molecule has 0 radical (unpaired) electrons. The third-order valence-corrected chi connectivity index (χ3v) is 12.4. The fourth-order valence-electron chi connectivity index (χ4n) is 6.61. The molecule has 4 heterocycles. The molecule has 10 nitrogen and oxygen atoms in total. The SMILES string of the molecule is FC(F)(F)Oc1c(Cl)cccc1C1OC1(Cn1ncnc1SSc1ncnn1CC1(c2cccc(Cl)c2)OC1c1cccc(Cl)c1OC(F)(F)F)c1ccc(Cl)cc1. The Morgan fingerprint density at radius 2 is 1.07 bits per heavy atom. The number of benzene rings is 4. The van der Waals surface area contributed by atoms with Gasteiger partial charge in [-0.15, -0.1) is 26.3 Å². The molecule has 0 saturated carbocycles. The van der Waals surface area contributed by atoms with Crippen LogP contribution in [0.3, 0.4) is 0 Å². The fraction of sp³-hybridized carbons (Fsp3) is 0.222. The van der Waals surface area contributed by atoms with Crippen molar-refractivity contribution in [1.82, 2.24) is 29.5 Å². The lowest BCUT2D eigenvalue weighted by molar-refractivity contribution is -0.275. The maximum Gasteiger partial charge on any atom is 0.573 e. The Bertz CT molecular complexity index is 2480. The molecule has 2 aromatic heterocycles. The molecule has 4 unspecified atom stereocenters. The van der Waals surface area contributed by atoms with Crippen LogP contribution in [0.1, 0.15) is 34.5 Å². The Kier molecular flexibility index (Phi) is 11.0. The van der Waals surface area contributed by atoms with Crippen molar-refractivity contribution in [3.63, 3.8) is 0 Å². The third-order valence-electron chi connectivity index (χ3n) is 9.15. The molecule has 22 heteroatoms. The van der Waals surface area contributed by atoms with Gasteiger partial charge in [0.05, 0.1) is 23.1 Å². The number of rotatable bonds is 13. The number of alkyl halides is 6. The van der Waals surface area contributed by atoms with Crippen LogP contribution < -0.4 is 9.47 Å². The molecule has 0 amide bonds. The molecule has 2 fully saturated rings. The van der Waals surface area contributed by atoms with E-state index in [0.717, 1.165) is 21.6 Å². The lowest BCUT2D eigenvalue weighted by atomic mass is 9.91. The van der Waals surface area contributed by atoms with Gasteiger partial charge in [-0.2, -0.15) is 10.2 Å². The van der Waals surface area contributed by atoms with Crippen molar-refractivity contribution in [3.8, 4) is 11.5 Å². The van der Waals surface area contributed by atoms with Gasteiger partial charge in [0.15, 0.2) is 21.8 Å². The van der Waals surface area contributed by atoms with Crippen molar-refractivity contribution in [2.75, 3.05) is 0 Å². The van der Waals surface area contributed by atoms with Gasteiger partial charge in [-0.25, -0.2) is 19.3 Å². The number of nitrogens with zero attached hydrogens (tertiary/aromatic N) is 6. The second kappa shape index (κ2) is 15.6. The van der Waals surface area contributed by atoms with Crippen LogP contribution in [0.4, 0.5) is 26.3 Å². The zero-order valence-electron chi connectivity index (χ0n) is 28.7. The van der Waals surface area contributed by atoms with E-state index in [0.29, 0.717) is 31.5 Å². The smallest absolute Gasteiger partial charge is 0.404 e. The van der Waals surface area contributed by atoms with E-state index in [1.807, 2.05) is 0 Å².